The molecule has 4 N–H and O–H groups in total. The van der Waals surface area contributed by atoms with Crippen LogP contribution in [0, 0.1) is 6.92 Å². The van der Waals surface area contributed by atoms with Crippen LogP contribution in [-0.4, -0.2) is 29.4 Å². The number of fused-ring (bicyclic) bond motifs is 1. The number of carbonyl (C=O) groups is 2. The van der Waals surface area contributed by atoms with Crippen LogP contribution in [0.15, 0.2) is 42.5 Å². The van der Waals surface area contributed by atoms with Crippen LogP contribution in [0.2, 0.25) is 0 Å². The molecule has 6 heteroatoms. The molecule has 1 unspecified atom stereocenters. The van der Waals surface area contributed by atoms with Crippen molar-refractivity contribution in [3.8, 4) is 0 Å². The molecule has 0 saturated carbocycles. The molecule has 28 heavy (non-hydrogen) atoms. The lowest BCUT2D eigenvalue weighted by atomic mass is 9.97. The minimum Gasteiger partial charge on any atom is -0.337 e. The number of benzene rings is 2. The molecular weight excluding hydrogens is 352 g/mol. The molecule has 3 rings (SSSR count). The van der Waals surface area contributed by atoms with Crippen molar-refractivity contribution >= 4 is 23.3 Å². The van der Waals surface area contributed by atoms with Crippen LogP contribution >= 0.6 is 0 Å². The maximum Gasteiger partial charge on any atom is 0.323 e. The van der Waals surface area contributed by atoms with E-state index in [9.17, 15) is 9.59 Å². The molecule has 2 aromatic carbocycles. The first-order chi connectivity index (χ1) is 13.5. The maximum atomic E-state index is 12.5. The van der Waals surface area contributed by atoms with Gasteiger partial charge in [0.25, 0.3) is 0 Å². The van der Waals surface area contributed by atoms with Gasteiger partial charge in [0.1, 0.15) is 0 Å². The fourth-order valence-corrected chi connectivity index (χ4v) is 3.51. The second-order valence-electron chi connectivity index (χ2n) is 7.29. The number of anilines is 2. The summed E-state index contributed by atoms with van der Waals surface area (Å²) in [7, 11) is 0. The van der Waals surface area contributed by atoms with E-state index in [2.05, 4.69) is 10.6 Å². The monoisotopic (exact) mass is 380 g/mol. The van der Waals surface area contributed by atoms with Crippen molar-refractivity contribution in [2.75, 3.05) is 17.2 Å². The standard InChI is InChI=1S/C22H28N4O2/c1-3-5-19(23)21(27)26-13-12-18-16(14-26)6-4-7-20(18)25-22(28)24-17-10-8-15(2)9-11-17/h4,6-11,19H,3,5,12-14,23H2,1-2H3,(H2,24,25,28). The van der Waals surface area contributed by atoms with Crippen molar-refractivity contribution in [1.29, 1.82) is 0 Å². The van der Waals surface area contributed by atoms with E-state index in [-0.39, 0.29) is 11.9 Å². The van der Waals surface area contributed by atoms with Crippen LogP contribution in [0.4, 0.5) is 16.2 Å². The topological polar surface area (TPSA) is 87.5 Å². The van der Waals surface area contributed by atoms with Crippen molar-refractivity contribution in [2.45, 2.75) is 45.7 Å². The van der Waals surface area contributed by atoms with E-state index in [1.165, 1.54) is 0 Å². The number of hydrogen-bond donors (Lipinski definition) is 3. The first-order valence-corrected chi connectivity index (χ1v) is 9.77. The Morgan fingerprint density at radius 2 is 1.89 bits per heavy atom. The lowest BCUT2D eigenvalue weighted by molar-refractivity contribution is -0.133. The van der Waals surface area contributed by atoms with Gasteiger partial charge in [0.05, 0.1) is 6.04 Å². The molecular formula is C22H28N4O2. The Morgan fingerprint density at radius 1 is 1.14 bits per heavy atom. The number of aryl methyl sites for hydroxylation is 1. The van der Waals surface area contributed by atoms with Gasteiger partial charge in [0, 0.05) is 24.5 Å². The van der Waals surface area contributed by atoms with Crippen LogP contribution in [0.3, 0.4) is 0 Å². The van der Waals surface area contributed by atoms with Gasteiger partial charge in [-0.2, -0.15) is 0 Å². The van der Waals surface area contributed by atoms with Gasteiger partial charge in [-0.05, 0) is 49.1 Å². The number of hydrogen-bond acceptors (Lipinski definition) is 3. The summed E-state index contributed by atoms with van der Waals surface area (Å²) in [5.41, 5.74) is 10.8. The van der Waals surface area contributed by atoms with Gasteiger partial charge >= 0.3 is 6.03 Å². The van der Waals surface area contributed by atoms with Crippen molar-refractivity contribution < 1.29 is 9.59 Å². The Kier molecular flexibility index (Phi) is 6.31. The van der Waals surface area contributed by atoms with Crippen molar-refractivity contribution in [1.82, 2.24) is 4.90 Å². The molecule has 0 saturated heterocycles. The highest BCUT2D eigenvalue weighted by molar-refractivity contribution is 6.00. The number of nitrogens with zero attached hydrogens (tertiary/aromatic N) is 1. The SMILES string of the molecule is CCCC(N)C(=O)N1CCc2c(cccc2NC(=O)Nc2ccc(C)cc2)C1. The van der Waals surface area contributed by atoms with Gasteiger partial charge in [0.15, 0.2) is 0 Å². The number of carbonyl (C=O) groups excluding carboxylic acids is 2. The zero-order valence-corrected chi connectivity index (χ0v) is 16.5. The Hall–Kier alpha value is -2.86. The zero-order valence-electron chi connectivity index (χ0n) is 16.5. The Balaban J connectivity index is 1.67. The third-order valence-electron chi connectivity index (χ3n) is 5.05. The average molecular weight is 380 g/mol. The van der Waals surface area contributed by atoms with Crippen LogP contribution in [0.1, 0.15) is 36.5 Å². The highest BCUT2D eigenvalue weighted by Crippen LogP contribution is 2.27. The third kappa shape index (κ3) is 4.70. The Bertz CT molecular complexity index is 848. The van der Waals surface area contributed by atoms with Gasteiger partial charge in [-0.3, -0.25) is 4.79 Å². The molecule has 1 atom stereocenters. The third-order valence-corrected chi connectivity index (χ3v) is 5.05. The van der Waals surface area contributed by atoms with Crippen LogP contribution in [0.5, 0.6) is 0 Å². The molecule has 1 aliphatic heterocycles. The molecule has 2 aromatic rings. The largest absolute Gasteiger partial charge is 0.337 e. The summed E-state index contributed by atoms with van der Waals surface area (Å²) in [6.45, 7) is 5.17. The number of nitrogens with one attached hydrogen (secondary N) is 2. The maximum absolute atomic E-state index is 12.5. The summed E-state index contributed by atoms with van der Waals surface area (Å²) >= 11 is 0. The van der Waals surface area contributed by atoms with Gasteiger partial charge < -0.3 is 21.3 Å². The molecule has 6 nitrogen and oxygen atoms in total. The average Bonchev–Trinajstić information content (AvgIpc) is 2.69. The van der Waals surface area contributed by atoms with Crippen LogP contribution in [-0.2, 0) is 17.8 Å². The van der Waals surface area contributed by atoms with Gasteiger partial charge in [-0.25, -0.2) is 4.79 Å². The Labute approximate surface area is 166 Å². The van der Waals surface area contributed by atoms with E-state index in [0.717, 1.165) is 34.5 Å². The van der Waals surface area contributed by atoms with Crippen molar-refractivity contribution in [3.05, 3.63) is 59.2 Å². The second-order valence-corrected chi connectivity index (χ2v) is 7.29. The summed E-state index contributed by atoms with van der Waals surface area (Å²) in [5.74, 6) is 0.00276. The molecule has 0 bridgehead atoms. The van der Waals surface area contributed by atoms with Gasteiger partial charge in [0.2, 0.25) is 5.91 Å². The molecule has 0 spiro atoms. The fraction of sp³-hybridized carbons (Fsp3) is 0.364. The molecule has 148 valence electrons. The van der Waals surface area contributed by atoms with Crippen molar-refractivity contribution in [2.24, 2.45) is 5.73 Å². The molecule has 0 aromatic heterocycles. The summed E-state index contributed by atoms with van der Waals surface area (Å²) in [4.78, 5) is 26.7. The van der Waals surface area contributed by atoms with E-state index < -0.39 is 6.04 Å². The first kappa shape index (κ1) is 19.9. The Morgan fingerprint density at radius 3 is 2.61 bits per heavy atom. The normalized spacial score (nSPS) is 14.2. The second kappa shape index (κ2) is 8.89. The highest BCUT2D eigenvalue weighted by Gasteiger charge is 2.26. The number of amides is 3. The van der Waals surface area contributed by atoms with E-state index in [4.69, 9.17) is 5.73 Å². The van der Waals surface area contributed by atoms with Crippen molar-refractivity contribution in [3.63, 3.8) is 0 Å². The molecule has 1 heterocycles. The predicted molar refractivity (Wildman–Crippen MR) is 112 cm³/mol. The highest BCUT2D eigenvalue weighted by atomic mass is 16.2. The molecule has 0 radical (unpaired) electrons. The summed E-state index contributed by atoms with van der Waals surface area (Å²) in [5, 5.41) is 5.79. The number of rotatable bonds is 5. The fourth-order valence-electron chi connectivity index (χ4n) is 3.51. The minimum absolute atomic E-state index is 0.00276. The van der Waals surface area contributed by atoms with E-state index in [0.29, 0.717) is 25.9 Å². The zero-order chi connectivity index (χ0) is 20.1. The lowest BCUT2D eigenvalue weighted by Crippen LogP contribution is -2.45. The first-order valence-electron chi connectivity index (χ1n) is 9.77. The molecule has 0 fully saturated rings. The molecule has 1 aliphatic rings. The smallest absolute Gasteiger partial charge is 0.323 e. The van der Waals surface area contributed by atoms with Gasteiger partial charge in [-0.15, -0.1) is 0 Å². The minimum atomic E-state index is -0.437. The van der Waals surface area contributed by atoms with Gasteiger partial charge in [-0.1, -0.05) is 43.2 Å². The van der Waals surface area contributed by atoms with Crippen LogP contribution in [0.25, 0.3) is 0 Å². The van der Waals surface area contributed by atoms with E-state index in [1.807, 2.05) is 61.2 Å². The summed E-state index contributed by atoms with van der Waals surface area (Å²) in [6.07, 6.45) is 2.28. The van der Waals surface area contributed by atoms with Crippen LogP contribution < -0.4 is 16.4 Å². The van der Waals surface area contributed by atoms with E-state index >= 15 is 0 Å². The molecule has 0 aliphatic carbocycles. The number of urea groups is 1. The lowest BCUT2D eigenvalue weighted by Gasteiger charge is -2.32. The predicted octanol–water partition coefficient (Wildman–Crippen LogP) is 3.65. The molecule has 3 amide bonds. The number of nitrogens with two attached hydrogens (primary N) is 1. The summed E-state index contributed by atoms with van der Waals surface area (Å²) in [6, 6.07) is 12.7. The van der Waals surface area contributed by atoms with E-state index in [1.54, 1.807) is 0 Å². The summed E-state index contributed by atoms with van der Waals surface area (Å²) < 4.78 is 0. The quantitative estimate of drug-likeness (QED) is 0.740.